The van der Waals surface area contributed by atoms with Gasteiger partial charge in [-0.3, -0.25) is 9.69 Å². The molecule has 8 heteroatoms. The van der Waals surface area contributed by atoms with Crippen LogP contribution in [-0.2, 0) is 16.0 Å². The summed E-state index contributed by atoms with van der Waals surface area (Å²) in [5.41, 5.74) is 0. The fourth-order valence-electron chi connectivity index (χ4n) is 2.42. The second-order valence-corrected chi connectivity index (χ2v) is 6.40. The van der Waals surface area contributed by atoms with Crippen LogP contribution in [0.4, 0.5) is 13.2 Å². The smallest absolute Gasteiger partial charge is 0.378 e. The lowest BCUT2D eigenvalue weighted by molar-refractivity contribution is -0.167. The molecule has 1 N–H and O–H groups in total. The van der Waals surface area contributed by atoms with Gasteiger partial charge in [-0.05, 0) is 18.4 Å². The van der Waals surface area contributed by atoms with Gasteiger partial charge >= 0.3 is 6.18 Å². The molecule has 1 saturated heterocycles. The van der Waals surface area contributed by atoms with E-state index in [-0.39, 0.29) is 25.8 Å². The second-order valence-electron chi connectivity index (χ2n) is 5.37. The number of carbonyl (C=O) groups is 1. The maximum absolute atomic E-state index is 12.6. The van der Waals surface area contributed by atoms with Crippen LogP contribution in [0.15, 0.2) is 17.5 Å². The van der Waals surface area contributed by atoms with Crippen molar-refractivity contribution in [2.24, 2.45) is 0 Å². The Bertz CT molecular complexity index is 479. The van der Waals surface area contributed by atoms with Crippen LogP contribution >= 0.6 is 11.3 Å². The lowest BCUT2D eigenvalue weighted by Crippen LogP contribution is -2.57. The van der Waals surface area contributed by atoms with Gasteiger partial charge in [-0.15, -0.1) is 11.3 Å². The Morgan fingerprint density at radius 1 is 1.59 bits per heavy atom. The molecule has 0 bridgehead atoms. The molecular weight excluding hydrogens is 317 g/mol. The quantitative estimate of drug-likeness (QED) is 0.895. The molecule has 1 aliphatic heterocycles. The third kappa shape index (κ3) is 5.26. The van der Waals surface area contributed by atoms with Gasteiger partial charge < -0.3 is 10.1 Å². The molecule has 1 aliphatic rings. The van der Waals surface area contributed by atoms with Gasteiger partial charge in [0, 0.05) is 23.9 Å². The molecule has 1 fully saturated rings. The number of hydrogen-bond acceptors (Lipinski definition) is 4. The first kappa shape index (κ1) is 17.2. The average molecular weight is 336 g/mol. The first-order chi connectivity index (χ1) is 10.3. The molecular formula is C14H19F3N2O2S. The molecule has 0 saturated carbocycles. The zero-order chi connectivity index (χ0) is 16.2. The van der Waals surface area contributed by atoms with E-state index in [1.807, 2.05) is 24.4 Å². The van der Waals surface area contributed by atoms with Gasteiger partial charge in [0.05, 0.1) is 19.8 Å². The fraction of sp³-hybridized carbons (Fsp3) is 0.643. The summed E-state index contributed by atoms with van der Waals surface area (Å²) in [4.78, 5) is 14.5. The number of hydrogen-bond donors (Lipinski definition) is 1. The van der Waals surface area contributed by atoms with Crippen molar-refractivity contribution in [3.8, 4) is 0 Å². The highest BCUT2D eigenvalue weighted by atomic mass is 32.1. The van der Waals surface area contributed by atoms with Crippen LogP contribution < -0.4 is 5.32 Å². The predicted octanol–water partition coefficient (Wildman–Crippen LogP) is 2.06. The predicted molar refractivity (Wildman–Crippen MR) is 77.9 cm³/mol. The summed E-state index contributed by atoms with van der Waals surface area (Å²) >= 11 is 1.59. The van der Waals surface area contributed by atoms with Crippen molar-refractivity contribution in [1.82, 2.24) is 10.2 Å². The van der Waals surface area contributed by atoms with Crippen molar-refractivity contribution in [3.63, 3.8) is 0 Å². The van der Waals surface area contributed by atoms with Gasteiger partial charge in [0.2, 0.25) is 5.91 Å². The number of nitrogens with zero attached hydrogens (tertiary/aromatic N) is 1. The van der Waals surface area contributed by atoms with Crippen molar-refractivity contribution in [3.05, 3.63) is 22.4 Å². The summed E-state index contributed by atoms with van der Waals surface area (Å²) in [5, 5.41) is 4.73. The fourth-order valence-corrected chi connectivity index (χ4v) is 3.25. The Balaban J connectivity index is 1.90. The zero-order valence-electron chi connectivity index (χ0n) is 12.2. The maximum Gasteiger partial charge on any atom is 0.401 e. The van der Waals surface area contributed by atoms with E-state index in [1.165, 1.54) is 0 Å². The van der Waals surface area contributed by atoms with E-state index in [4.69, 9.17) is 4.74 Å². The highest BCUT2D eigenvalue weighted by Crippen LogP contribution is 2.20. The molecule has 124 valence electrons. The van der Waals surface area contributed by atoms with Crippen molar-refractivity contribution in [1.29, 1.82) is 0 Å². The van der Waals surface area contributed by atoms with Gasteiger partial charge in [-0.1, -0.05) is 6.07 Å². The van der Waals surface area contributed by atoms with E-state index in [9.17, 15) is 18.0 Å². The molecule has 1 amide bonds. The Morgan fingerprint density at radius 3 is 3.00 bits per heavy atom. The van der Waals surface area contributed by atoms with E-state index >= 15 is 0 Å². The summed E-state index contributed by atoms with van der Waals surface area (Å²) in [7, 11) is 0. The number of ether oxygens (including phenoxy) is 1. The van der Waals surface area contributed by atoms with Crippen molar-refractivity contribution in [2.45, 2.75) is 31.6 Å². The molecule has 4 nitrogen and oxygen atoms in total. The highest BCUT2D eigenvalue weighted by Gasteiger charge is 2.38. The topological polar surface area (TPSA) is 41.6 Å². The molecule has 0 aliphatic carbocycles. The van der Waals surface area contributed by atoms with E-state index in [0.717, 1.165) is 9.78 Å². The number of nitrogens with one attached hydrogen (secondary N) is 1. The molecule has 2 rings (SSSR count). The van der Waals surface area contributed by atoms with Crippen molar-refractivity contribution < 1.29 is 22.7 Å². The van der Waals surface area contributed by atoms with E-state index in [0.29, 0.717) is 6.42 Å². The van der Waals surface area contributed by atoms with Crippen LogP contribution in [0.2, 0.25) is 0 Å². The third-order valence-electron chi connectivity index (χ3n) is 3.40. The summed E-state index contributed by atoms with van der Waals surface area (Å²) in [6.07, 6.45) is -3.66. The number of thiophene rings is 1. The van der Waals surface area contributed by atoms with E-state index in [2.05, 4.69) is 5.32 Å². The molecule has 2 heterocycles. The number of amides is 1. The van der Waals surface area contributed by atoms with Crippen molar-refractivity contribution in [2.75, 3.05) is 26.3 Å². The maximum atomic E-state index is 12.6. The third-order valence-corrected chi connectivity index (χ3v) is 4.30. The van der Waals surface area contributed by atoms with E-state index in [1.54, 1.807) is 11.3 Å². The summed E-state index contributed by atoms with van der Waals surface area (Å²) in [5.74, 6) is -0.409. The lowest BCUT2D eigenvalue weighted by Gasteiger charge is -2.35. The summed E-state index contributed by atoms with van der Waals surface area (Å²) in [6.45, 7) is 1.07. The number of carbonyl (C=O) groups excluding carboxylic acids is 1. The summed E-state index contributed by atoms with van der Waals surface area (Å²) < 4.78 is 42.9. The molecule has 0 unspecified atom stereocenters. The van der Waals surface area contributed by atoms with Gasteiger partial charge in [0.15, 0.2) is 0 Å². The monoisotopic (exact) mass is 336 g/mol. The van der Waals surface area contributed by atoms with Crippen molar-refractivity contribution >= 4 is 17.2 Å². The van der Waals surface area contributed by atoms with Crippen LogP contribution in [0.3, 0.4) is 0 Å². The van der Waals surface area contributed by atoms with E-state index < -0.39 is 24.7 Å². The first-order valence-electron chi connectivity index (χ1n) is 7.06. The second kappa shape index (κ2) is 7.43. The SMILES string of the molecule is C[C@H](Cc1cccs1)NC(=O)[C@@H]1COCCN1CC(F)(F)F. The molecule has 0 spiro atoms. The minimum atomic E-state index is -4.32. The van der Waals surface area contributed by atoms with Gasteiger partial charge in [-0.2, -0.15) is 13.2 Å². The molecule has 0 radical (unpaired) electrons. The number of rotatable bonds is 5. The summed E-state index contributed by atoms with van der Waals surface area (Å²) in [6, 6.07) is 2.86. The Morgan fingerprint density at radius 2 is 2.36 bits per heavy atom. The largest absolute Gasteiger partial charge is 0.401 e. The molecule has 0 aromatic carbocycles. The Labute approximate surface area is 131 Å². The van der Waals surface area contributed by atoms with Crippen LogP contribution in [0.1, 0.15) is 11.8 Å². The number of morpholine rings is 1. The standard InChI is InChI=1S/C14H19F3N2O2S/c1-10(7-11-3-2-6-22-11)18-13(20)12-8-21-5-4-19(12)9-14(15,16)17/h2-3,6,10,12H,4-5,7-9H2,1H3,(H,18,20)/t10-,12+/m1/s1. The Kier molecular flexibility index (Phi) is 5.82. The van der Waals surface area contributed by atoms with Gasteiger partial charge in [-0.25, -0.2) is 0 Å². The zero-order valence-corrected chi connectivity index (χ0v) is 13.0. The van der Waals surface area contributed by atoms with Crippen LogP contribution in [0.25, 0.3) is 0 Å². The molecule has 1 aromatic heterocycles. The number of halogens is 3. The molecule has 2 atom stereocenters. The van der Waals surface area contributed by atoms with Gasteiger partial charge in [0.1, 0.15) is 6.04 Å². The van der Waals surface area contributed by atoms with Crippen LogP contribution in [-0.4, -0.2) is 55.4 Å². The highest BCUT2D eigenvalue weighted by molar-refractivity contribution is 7.09. The first-order valence-corrected chi connectivity index (χ1v) is 7.94. The van der Waals surface area contributed by atoms with Gasteiger partial charge in [0.25, 0.3) is 0 Å². The average Bonchev–Trinajstić information content (AvgIpc) is 2.90. The minimum absolute atomic E-state index is 0.00631. The Hall–Kier alpha value is -1.12. The molecule has 1 aromatic rings. The minimum Gasteiger partial charge on any atom is -0.378 e. The molecule has 22 heavy (non-hydrogen) atoms. The normalized spacial score (nSPS) is 21.5. The van der Waals surface area contributed by atoms with Crippen LogP contribution in [0, 0.1) is 0 Å². The number of alkyl halides is 3. The van der Waals surface area contributed by atoms with Crippen LogP contribution in [0.5, 0.6) is 0 Å². The lowest BCUT2D eigenvalue weighted by atomic mass is 10.1.